The molecule has 1 heterocycles. The second kappa shape index (κ2) is 5.69. The van der Waals surface area contributed by atoms with Crippen LogP contribution in [0.5, 0.6) is 0 Å². The molecular formula is C19H21F4N3O. The molecule has 1 N–H and O–H groups in total. The zero-order valence-electron chi connectivity index (χ0n) is 15.2. The monoisotopic (exact) mass is 383 g/mol. The van der Waals surface area contributed by atoms with Crippen LogP contribution in [0.1, 0.15) is 46.0 Å². The molecule has 0 aliphatic heterocycles. The van der Waals surface area contributed by atoms with E-state index in [1.165, 1.54) is 12.1 Å². The minimum atomic E-state index is -3.52. The van der Waals surface area contributed by atoms with Gasteiger partial charge in [0.25, 0.3) is 5.92 Å². The van der Waals surface area contributed by atoms with Crippen LogP contribution in [0.25, 0.3) is 11.0 Å². The second-order valence-electron chi connectivity index (χ2n) is 8.23. The lowest BCUT2D eigenvalue weighted by molar-refractivity contribution is -0.248. The quantitative estimate of drug-likeness (QED) is 0.772. The van der Waals surface area contributed by atoms with Crippen LogP contribution in [0, 0.1) is 11.7 Å². The van der Waals surface area contributed by atoms with Crippen molar-refractivity contribution in [2.75, 3.05) is 5.32 Å². The number of amides is 1. The largest absolute Gasteiger partial charge is 0.304 e. The Hall–Kier alpha value is -2.12. The molecule has 2 fully saturated rings. The number of rotatable bonds is 4. The SMILES string of the molecule is CC1(n2c(NC(=O)CC3CC(C)(F)C3(F)F)nc3cc(F)ccc32)CCC1. The predicted molar refractivity (Wildman–Crippen MR) is 93.0 cm³/mol. The van der Waals surface area contributed by atoms with E-state index < -0.39 is 35.7 Å². The third kappa shape index (κ3) is 2.72. The van der Waals surface area contributed by atoms with E-state index in [0.717, 1.165) is 26.2 Å². The van der Waals surface area contributed by atoms with E-state index in [2.05, 4.69) is 10.3 Å². The first kappa shape index (κ1) is 18.3. The summed E-state index contributed by atoms with van der Waals surface area (Å²) in [5, 5.41) is 2.59. The fraction of sp³-hybridized carbons (Fsp3) is 0.579. The highest BCUT2D eigenvalue weighted by Crippen LogP contribution is 2.55. The number of imidazole rings is 1. The summed E-state index contributed by atoms with van der Waals surface area (Å²) >= 11 is 0. The Morgan fingerprint density at radius 1 is 1.30 bits per heavy atom. The van der Waals surface area contributed by atoms with Gasteiger partial charge in [0.15, 0.2) is 5.67 Å². The summed E-state index contributed by atoms with van der Waals surface area (Å²) in [6.45, 7) is 2.87. The molecule has 0 bridgehead atoms. The number of carbonyl (C=O) groups excluding carboxylic acids is 1. The van der Waals surface area contributed by atoms with Gasteiger partial charge in [-0.1, -0.05) is 0 Å². The topological polar surface area (TPSA) is 46.9 Å². The second-order valence-corrected chi connectivity index (χ2v) is 8.23. The highest BCUT2D eigenvalue weighted by molar-refractivity contribution is 5.92. The Morgan fingerprint density at radius 3 is 2.56 bits per heavy atom. The molecule has 27 heavy (non-hydrogen) atoms. The number of nitrogens with one attached hydrogen (secondary N) is 1. The number of alkyl halides is 3. The van der Waals surface area contributed by atoms with E-state index >= 15 is 0 Å². The van der Waals surface area contributed by atoms with Gasteiger partial charge in [-0.15, -0.1) is 0 Å². The van der Waals surface area contributed by atoms with Crippen molar-refractivity contribution in [1.82, 2.24) is 9.55 Å². The Labute approximate surface area is 153 Å². The third-order valence-electron chi connectivity index (χ3n) is 6.11. The molecule has 4 nitrogen and oxygen atoms in total. The summed E-state index contributed by atoms with van der Waals surface area (Å²) in [6.07, 6.45) is 1.93. The third-order valence-corrected chi connectivity index (χ3v) is 6.11. The molecule has 8 heteroatoms. The molecule has 0 spiro atoms. The zero-order chi connectivity index (χ0) is 19.6. The van der Waals surface area contributed by atoms with Crippen molar-refractivity contribution in [2.45, 2.75) is 63.1 Å². The van der Waals surface area contributed by atoms with Crippen LogP contribution in [0.3, 0.4) is 0 Å². The smallest absolute Gasteiger partial charge is 0.284 e. The lowest BCUT2D eigenvalue weighted by Crippen LogP contribution is -2.60. The van der Waals surface area contributed by atoms with E-state index in [9.17, 15) is 22.4 Å². The summed E-state index contributed by atoms with van der Waals surface area (Å²) in [6, 6.07) is 4.20. The summed E-state index contributed by atoms with van der Waals surface area (Å²) in [4.78, 5) is 16.7. The minimum absolute atomic E-state index is 0.216. The van der Waals surface area contributed by atoms with Gasteiger partial charge in [-0.05, 0) is 51.7 Å². The normalized spacial score (nSPS) is 28.4. The first-order valence-corrected chi connectivity index (χ1v) is 9.09. The fourth-order valence-corrected chi connectivity index (χ4v) is 4.22. The Bertz CT molecular complexity index is 917. The van der Waals surface area contributed by atoms with Gasteiger partial charge in [-0.3, -0.25) is 10.1 Å². The molecule has 2 aliphatic rings. The van der Waals surface area contributed by atoms with E-state index in [1.54, 1.807) is 6.07 Å². The number of anilines is 1. The highest BCUT2D eigenvalue weighted by Gasteiger charge is 2.67. The molecule has 1 amide bonds. The van der Waals surface area contributed by atoms with Gasteiger partial charge in [-0.25, -0.2) is 22.5 Å². The molecule has 2 aromatic rings. The molecule has 2 atom stereocenters. The summed E-state index contributed by atoms with van der Waals surface area (Å²) < 4.78 is 56.6. The van der Waals surface area contributed by atoms with Crippen LogP contribution in [0.4, 0.5) is 23.5 Å². The molecule has 2 aliphatic carbocycles. The van der Waals surface area contributed by atoms with E-state index in [1.807, 2.05) is 11.5 Å². The number of carbonyl (C=O) groups is 1. The van der Waals surface area contributed by atoms with Gasteiger partial charge in [-0.2, -0.15) is 0 Å². The molecular weight excluding hydrogens is 362 g/mol. The fourth-order valence-electron chi connectivity index (χ4n) is 4.22. The van der Waals surface area contributed by atoms with E-state index in [0.29, 0.717) is 11.0 Å². The number of nitrogens with zero attached hydrogens (tertiary/aromatic N) is 2. The number of fused-ring (bicyclic) bond motifs is 1. The van der Waals surface area contributed by atoms with Crippen molar-refractivity contribution in [3.05, 3.63) is 24.0 Å². The Morgan fingerprint density at radius 2 is 2.00 bits per heavy atom. The van der Waals surface area contributed by atoms with Crippen molar-refractivity contribution in [3.63, 3.8) is 0 Å². The van der Waals surface area contributed by atoms with E-state index in [-0.39, 0.29) is 17.9 Å². The van der Waals surface area contributed by atoms with Gasteiger partial charge in [0.1, 0.15) is 5.82 Å². The van der Waals surface area contributed by atoms with Crippen molar-refractivity contribution in [3.8, 4) is 0 Å². The molecule has 0 saturated heterocycles. The molecule has 1 aromatic carbocycles. The summed E-state index contributed by atoms with van der Waals surface area (Å²) in [5.74, 6) is -5.72. The average molecular weight is 383 g/mol. The molecule has 0 radical (unpaired) electrons. The number of hydrogen-bond donors (Lipinski definition) is 1. The standard InChI is InChI=1S/C19H21F4N3O/c1-17(6-3-7-17)26-14-5-4-12(20)9-13(14)24-16(26)25-15(27)8-11-10-18(2,21)19(11,22)23/h4-5,9,11H,3,6-8,10H2,1-2H3,(H,24,25,27). The summed E-state index contributed by atoms with van der Waals surface area (Å²) in [7, 11) is 0. The van der Waals surface area contributed by atoms with Gasteiger partial charge in [0, 0.05) is 23.9 Å². The molecule has 146 valence electrons. The van der Waals surface area contributed by atoms with Gasteiger partial charge < -0.3 is 4.57 Å². The maximum Gasteiger partial charge on any atom is 0.284 e. The van der Waals surface area contributed by atoms with Crippen molar-refractivity contribution >= 4 is 22.9 Å². The lowest BCUT2D eigenvalue weighted by atomic mass is 9.67. The number of benzene rings is 1. The van der Waals surface area contributed by atoms with Crippen molar-refractivity contribution in [2.24, 2.45) is 5.92 Å². The minimum Gasteiger partial charge on any atom is -0.304 e. The van der Waals surface area contributed by atoms with Gasteiger partial charge in [0.2, 0.25) is 11.9 Å². The Balaban J connectivity index is 1.60. The van der Waals surface area contributed by atoms with Crippen LogP contribution in [0.15, 0.2) is 18.2 Å². The van der Waals surface area contributed by atoms with E-state index in [4.69, 9.17) is 0 Å². The number of halogens is 4. The zero-order valence-corrected chi connectivity index (χ0v) is 15.2. The molecule has 2 saturated carbocycles. The maximum atomic E-state index is 13.8. The van der Waals surface area contributed by atoms with Gasteiger partial charge in [0.05, 0.1) is 11.0 Å². The summed E-state index contributed by atoms with van der Waals surface area (Å²) in [5.41, 5.74) is -1.77. The number of hydrogen-bond acceptors (Lipinski definition) is 2. The number of aromatic nitrogens is 2. The molecule has 2 unspecified atom stereocenters. The van der Waals surface area contributed by atoms with Crippen molar-refractivity contribution < 1.29 is 22.4 Å². The first-order valence-electron chi connectivity index (χ1n) is 9.09. The lowest BCUT2D eigenvalue weighted by Gasteiger charge is -2.47. The maximum absolute atomic E-state index is 13.8. The van der Waals surface area contributed by atoms with Crippen LogP contribution < -0.4 is 5.32 Å². The first-order chi connectivity index (χ1) is 12.5. The van der Waals surface area contributed by atoms with Gasteiger partial charge >= 0.3 is 0 Å². The average Bonchev–Trinajstić information content (AvgIpc) is 2.88. The predicted octanol–water partition coefficient (Wildman–Crippen LogP) is 4.79. The molecule has 1 aromatic heterocycles. The van der Waals surface area contributed by atoms with Crippen LogP contribution in [-0.2, 0) is 10.3 Å². The highest BCUT2D eigenvalue weighted by atomic mass is 19.3. The van der Waals surface area contributed by atoms with Crippen LogP contribution >= 0.6 is 0 Å². The Kier molecular flexibility index (Phi) is 3.85. The van der Waals surface area contributed by atoms with Crippen molar-refractivity contribution in [1.29, 1.82) is 0 Å². The van der Waals surface area contributed by atoms with Crippen LogP contribution in [-0.4, -0.2) is 27.0 Å². The van der Waals surface area contributed by atoms with Crippen LogP contribution in [0.2, 0.25) is 0 Å². The molecule has 4 rings (SSSR count).